The minimum Gasteiger partial charge on any atom is -0.496 e. The summed E-state index contributed by atoms with van der Waals surface area (Å²) in [5, 5.41) is 0. The number of alkyl halides is 2. The molecule has 9 heteroatoms. The van der Waals surface area contributed by atoms with E-state index in [4.69, 9.17) is 4.74 Å². The fourth-order valence-electron chi connectivity index (χ4n) is 5.29. The summed E-state index contributed by atoms with van der Waals surface area (Å²) in [6, 6.07) is 4.29. The Morgan fingerprint density at radius 2 is 2.00 bits per heavy atom. The molecule has 3 fully saturated rings. The predicted octanol–water partition coefficient (Wildman–Crippen LogP) is 3.22. The minimum atomic E-state index is -2.57. The van der Waals surface area contributed by atoms with Gasteiger partial charge in [-0.15, -0.1) is 0 Å². The number of nitrogens with one attached hydrogen (secondary N) is 2. The third-order valence-corrected chi connectivity index (χ3v) is 7.03. The van der Waals surface area contributed by atoms with E-state index in [-0.39, 0.29) is 18.9 Å². The summed E-state index contributed by atoms with van der Waals surface area (Å²) in [5.74, 6) is -0.218. The van der Waals surface area contributed by atoms with Gasteiger partial charge in [-0.25, -0.2) is 24.2 Å². The van der Waals surface area contributed by atoms with Gasteiger partial charge < -0.3 is 9.64 Å². The highest BCUT2D eigenvalue weighted by atomic mass is 19.3. The maximum absolute atomic E-state index is 13.5. The van der Waals surface area contributed by atoms with E-state index in [0.717, 1.165) is 42.1 Å². The van der Waals surface area contributed by atoms with Crippen molar-refractivity contribution in [3.63, 3.8) is 0 Å². The molecular formula is C22H28F2N6O. The topological polar surface area (TPSA) is 75.2 Å². The Kier molecular flexibility index (Phi) is 5.47. The van der Waals surface area contributed by atoms with Crippen LogP contribution in [0.3, 0.4) is 0 Å². The number of pyridine rings is 1. The molecule has 4 heterocycles. The molecule has 4 atom stereocenters. The molecule has 166 valence electrons. The van der Waals surface area contributed by atoms with Crippen LogP contribution in [0.1, 0.15) is 55.3 Å². The van der Waals surface area contributed by atoms with Crippen molar-refractivity contribution in [2.45, 2.75) is 56.0 Å². The van der Waals surface area contributed by atoms with Crippen LogP contribution in [0, 0.1) is 5.92 Å². The third-order valence-electron chi connectivity index (χ3n) is 7.03. The van der Waals surface area contributed by atoms with Gasteiger partial charge in [0, 0.05) is 56.0 Å². The van der Waals surface area contributed by atoms with Crippen LogP contribution in [0.15, 0.2) is 30.9 Å². The van der Waals surface area contributed by atoms with E-state index in [1.807, 2.05) is 23.2 Å². The summed E-state index contributed by atoms with van der Waals surface area (Å²) < 4.78 is 32.7. The van der Waals surface area contributed by atoms with Gasteiger partial charge in [0.2, 0.25) is 0 Å². The maximum atomic E-state index is 13.5. The Bertz CT molecular complexity index is 918. The molecule has 0 aromatic carbocycles. The number of rotatable bonds is 4. The summed E-state index contributed by atoms with van der Waals surface area (Å²) in [5.41, 5.74) is 8.94. The SMILES string of the molecule is COc1ccncc1C1CCC2NNC(c3cc(N4CCC(F)(F)CC4)ncn3)C2C1. The molecule has 0 amide bonds. The Hall–Kier alpha value is -2.39. The van der Waals surface area contributed by atoms with E-state index in [1.54, 1.807) is 19.6 Å². The molecular weight excluding hydrogens is 402 g/mol. The zero-order valence-electron chi connectivity index (χ0n) is 17.6. The van der Waals surface area contributed by atoms with Gasteiger partial charge in [-0.2, -0.15) is 0 Å². The number of hydrogen-bond acceptors (Lipinski definition) is 7. The number of piperidine rings is 1. The van der Waals surface area contributed by atoms with Gasteiger partial charge in [0.15, 0.2) is 0 Å². The molecule has 2 saturated heterocycles. The molecule has 5 rings (SSSR count). The first-order valence-corrected chi connectivity index (χ1v) is 11.0. The molecule has 7 nitrogen and oxygen atoms in total. The number of hydrazine groups is 1. The van der Waals surface area contributed by atoms with Crippen molar-refractivity contribution in [1.29, 1.82) is 0 Å². The summed E-state index contributed by atoms with van der Waals surface area (Å²) in [4.78, 5) is 15.2. The molecule has 1 aliphatic carbocycles. The van der Waals surface area contributed by atoms with Gasteiger partial charge in [-0.3, -0.25) is 10.4 Å². The number of methoxy groups -OCH3 is 1. The van der Waals surface area contributed by atoms with Crippen LogP contribution in [-0.2, 0) is 0 Å². The minimum absolute atomic E-state index is 0.0449. The molecule has 0 bridgehead atoms. The maximum Gasteiger partial charge on any atom is 0.251 e. The van der Waals surface area contributed by atoms with Crippen molar-refractivity contribution in [1.82, 2.24) is 25.8 Å². The van der Waals surface area contributed by atoms with Gasteiger partial charge in [-0.05, 0) is 37.2 Å². The quantitative estimate of drug-likeness (QED) is 0.771. The lowest BCUT2D eigenvalue weighted by Crippen LogP contribution is -2.40. The monoisotopic (exact) mass is 430 g/mol. The molecule has 2 aliphatic heterocycles. The van der Waals surface area contributed by atoms with Crippen LogP contribution in [0.25, 0.3) is 0 Å². The molecule has 0 spiro atoms. The number of hydrogen-bond donors (Lipinski definition) is 2. The van der Waals surface area contributed by atoms with E-state index >= 15 is 0 Å². The van der Waals surface area contributed by atoms with E-state index in [1.165, 1.54) is 0 Å². The number of anilines is 1. The molecule has 0 radical (unpaired) electrons. The molecule has 2 aromatic rings. The van der Waals surface area contributed by atoms with E-state index in [0.29, 0.717) is 31.0 Å². The van der Waals surface area contributed by atoms with Gasteiger partial charge in [0.25, 0.3) is 5.92 Å². The number of nitrogens with zero attached hydrogens (tertiary/aromatic N) is 4. The van der Waals surface area contributed by atoms with Crippen LogP contribution < -0.4 is 20.5 Å². The lowest BCUT2D eigenvalue weighted by molar-refractivity contribution is -0.0221. The molecule has 1 saturated carbocycles. The average Bonchev–Trinajstić information content (AvgIpc) is 3.22. The van der Waals surface area contributed by atoms with Crippen LogP contribution in [0.4, 0.5) is 14.6 Å². The summed E-state index contributed by atoms with van der Waals surface area (Å²) >= 11 is 0. The Morgan fingerprint density at radius 3 is 2.81 bits per heavy atom. The second-order valence-electron chi connectivity index (χ2n) is 8.81. The first-order chi connectivity index (χ1) is 15.0. The second-order valence-corrected chi connectivity index (χ2v) is 8.81. The first kappa shape index (κ1) is 20.5. The zero-order chi connectivity index (χ0) is 21.4. The van der Waals surface area contributed by atoms with Crippen molar-refractivity contribution >= 4 is 5.82 Å². The molecule has 3 aliphatic rings. The van der Waals surface area contributed by atoms with E-state index < -0.39 is 5.92 Å². The number of ether oxygens (including phenoxy) is 1. The van der Waals surface area contributed by atoms with Crippen LogP contribution >= 0.6 is 0 Å². The first-order valence-electron chi connectivity index (χ1n) is 11.0. The van der Waals surface area contributed by atoms with Gasteiger partial charge >= 0.3 is 0 Å². The molecule has 2 N–H and O–H groups in total. The molecule has 31 heavy (non-hydrogen) atoms. The highest BCUT2D eigenvalue weighted by Gasteiger charge is 2.43. The van der Waals surface area contributed by atoms with Gasteiger partial charge in [0.1, 0.15) is 17.9 Å². The number of aromatic nitrogens is 3. The zero-order valence-corrected chi connectivity index (χ0v) is 17.6. The number of fused-ring (bicyclic) bond motifs is 1. The third kappa shape index (κ3) is 4.08. The lowest BCUT2D eigenvalue weighted by atomic mass is 9.73. The van der Waals surface area contributed by atoms with Crippen molar-refractivity contribution in [3.05, 3.63) is 42.1 Å². The standard InChI is InChI=1S/C22H28F2N6O/c1-31-19-4-7-25-12-16(19)14-2-3-17-15(10-14)21(29-28-17)18-11-20(27-13-26-18)30-8-5-22(23,24)6-9-30/h4,7,11-15,17,21,28-29H,2-3,5-6,8-10H2,1H3. The largest absolute Gasteiger partial charge is 0.496 e. The van der Waals surface area contributed by atoms with Crippen LogP contribution in [-0.4, -0.2) is 47.1 Å². The second kappa shape index (κ2) is 8.27. The summed E-state index contributed by atoms with van der Waals surface area (Å²) in [6.07, 6.45) is 8.09. The molecule has 2 aromatic heterocycles. The van der Waals surface area contributed by atoms with Crippen molar-refractivity contribution in [2.75, 3.05) is 25.1 Å². The van der Waals surface area contributed by atoms with E-state index in [9.17, 15) is 8.78 Å². The summed E-state index contributed by atoms with van der Waals surface area (Å²) in [7, 11) is 1.70. The Labute approximate surface area is 180 Å². The highest BCUT2D eigenvalue weighted by Crippen LogP contribution is 2.45. The van der Waals surface area contributed by atoms with Crippen molar-refractivity contribution < 1.29 is 13.5 Å². The Balaban J connectivity index is 1.34. The predicted molar refractivity (Wildman–Crippen MR) is 112 cm³/mol. The summed E-state index contributed by atoms with van der Waals surface area (Å²) in [6.45, 7) is 0.628. The fraction of sp³-hybridized carbons (Fsp3) is 0.591. The van der Waals surface area contributed by atoms with Crippen molar-refractivity contribution in [2.24, 2.45) is 5.92 Å². The van der Waals surface area contributed by atoms with Crippen molar-refractivity contribution in [3.8, 4) is 5.75 Å². The Morgan fingerprint density at radius 1 is 1.16 bits per heavy atom. The molecule has 4 unspecified atom stereocenters. The van der Waals surface area contributed by atoms with Crippen LogP contribution in [0.5, 0.6) is 5.75 Å². The number of halogens is 2. The normalized spacial score (nSPS) is 30.1. The smallest absolute Gasteiger partial charge is 0.251 e. The lowest BCUT2D eigenvalue weighted by Gasteiger charge is -2.34. The van der Waals surface area contributed by atoms with Gasteiger partial charge in [0.05, 0.1) is 18.8 Å². The van der Waals surface area contributed by atoms with E-state index in [2.05, 4.69) is 25.8 Å². The highest BCUT2D eigenvalue weighted by molar-refractivity contribution is 5.41. The van der Waals surface area contributed by atoms with Crippen LogP contribution in [0.2, 0.25) is 0 Å². The van der Waals surface area contributed by atoms with Gasteiger partial charge in [-0.1, -0.05) is 0 Å². The fourth-order valence-corrected chi connectivity index (χ4v) is 5.29. The average molecular weight is 431 g/mol.